The minimum atomic E-state index is -0.384. The molecule has 0 N–H and O–H groups in total. The van der Waals surface area contributed by atoms with Gasteiger partial charge in [-0.1, -0.05) is 128 Å². The number of hydrogen-bond donors (Lipinski definition) is 0. The van der Waals surface area contributed by atoms with E-state index >= 15 is 0 Å². The Labute approximate surface area is 266 Å². The van der Waals surface area contributed by atoms with Crippen LogP contribution in [0.4, 0.5) is 11.4 Å². The van der Waals surface area contributed by atoms with Gasteiger partial charge in [0.1, 0.15) is 0 Å². The fourth-order valence-electron chi connectivity index (χ4n) is 9.29. The maximum absolute atomic E-state index is 2.66. The van der Waals surface area contributed by atoms with E-state index in [9.17, 15) is 0 Å². The summed E-state index contributed by atoms with van der Waals surface area (Å²) >= 11 is 0. The first-order chi connectivity index (χ1) is 22.1. The quantitative estimate of drug-likeness (QED) is 0.200. The van der Waals surface area contributed by atoms with Gasteiger partial charge < -0.3 is 4.90 Å². The van der Waals surface area contributed by atoms with Crippen molar-refractivity contribution >= 4 is 11.4 Å². The van der Waals surface area contributed by atoms with Crippen molar-refractivity contribution in [1.29, 1.82) is 0 Å². The SMILES string of the molecule is CC1CCC2c3cc(-c4ccc5c(c4)C(c4ccccc4)(c4ccccc4)c4ccccc4-5)ccc3N(c3ccccc3)C12C. The predicted octanol–water partition coefficient (Wildman–Crippen LogP) is 11.1. The predicted molar refractivity (Wildman–Crippen MR) is 187 cm³/mol. The Morgan fingerprint density at radius 3 is 1.84 bits per heavy atom. The molecule has 1 heterocycles. The van der Waals surface area contributed by atoms with Gasteiger partial charge in [0.05, 0.1) is 11.0 Å². The summed E-state index contributed by atoms with van der Waals surface area (Å²) in [4.78, 5) is 2.66. The third-order valence-corrected chi connectivity index (χ3v) is 11.5. The third-order valence-electron chi connectivity index (χ3n) is 11.5. The number of para-hydroxylation sites is 1. The maximum atomic E-state index is 2.66. The van der Waals surface area contributed by atoms with E-state index in [1.54, 1.807) is 0 Å². The van der Waals surface area contributed by atoms with Crippen molar-refractivity contribution < 1.29 is 0 Å². The summed E-state index contributed by atoms with van der Waals surface area (Å²) in [6.45, 7) is 4.95. The lowest BCUT2D eigenvalue weighted by atomic mass is 9.67. The topological polar surface area (TPSA) is 3.24 Å². The summed E-state index contributed by atoms with van der Waals surface area (Å²) in [7, 11) is 0. The molecule has 0 radical (unpaired) electrons. The number of fused-ring (bicyclic) bond motifs is 6. The van der Waals surface area contributed by atoms with Crippen LogP contribution in [0, 0.1) is 5.92 Å². The number of nitrogens with zero attached hydrogens (tertiary/aromatic N) is 1. The van der Waals surface area contributed by atoms with Crippen molar-refractivity contribution in [3.05, 3.63) is 179 Å². The first-order valence-electron chi connectivity index (χ1n) is 16.5. The highest BCUT2D eigenvalue weighted by Crippen LogP contribution is 2.62. The minimum Gasteiger partial charge on any atom is -0.334 e. The molecule has 0 bridgehead atoms. The van der Waals surface area contributed by atoms with Crippen LogP contribution >= 0.6 is 0 Å². The van der Waals surface area contributed by atoms with Crippen LogP contribution in [0.3, 0.4) is 0 Å². The van der Waals surface area contributed by atoms with E-state index in [1.165, 1.54) is 74.3 Å². The average Bonchev–Trinajstić information content (AvgIpc) is 3.67. The largest absolute Gasteiger partial charge is 0.334 e. The molecule has 0 spiro atoms. The van der Waals surface area contributed by atoms with Crippen LogP contribution in [-0.2, 0) is 5.41 Å². The molecule has 3 unspecified atom stereocenters. The number of anilines is 2. The molecule has 218 valence electrons. The van der Waals surface area contributed by atoms with E-state index in [2.05, 4.69) is 170 Å². The summed E-state index contributed by atoms with van der Waals surface area (Å²) in [6.07, 6.45) is 2.50. The molecule has 3 aliphatic rings. The van der Waals surface area contributed by atoms with Gasteiger partial charge in [-0.2, -0.15) is 0 Å². The zero-order valence-electron chi connectivity index (χ0n) is 25.9. The van der Waals surface area contributed by atoms with Crippen LogP contribution in [0.15, 0.2) is 152 Å². The van der Waals surface area contributed by atoms with Gasteiger partial charge in [0, 0.05) is 17.3 Å². The molecule has 2 aliphatic carbocycles. The second-order valence-corrected chi connectivity index (χ2v) is 13.5. The van der Waals surface area contributed by atoms with Gasteiger partial charge in [-0.05, 0) is 106 Å². The van der Waals surface area contributed by atoms with Crippen molar-refractivity contribution in [3.63, 3.8) is 0 Å². The molecule has 1 nitrogen and oxygen atoms in total. The molecular weight excluding hydrogens is 542 g/mol. The zero-order chi connectivity index (χ0) is 30.2. The molecular formula is C44H37N. The monoisotopic (exact) mass is 579 g/mol. The molecule has 9 rings (SSSR count). The number of rotatable bonds is 4. The molecule has 6 aromatic carbocycles. The summed E-state index contributed by atoms with van der Waals surface area (Å²) in [5, 5.41) is 0. The lowest BCUT2D eigenvalue weighted by molar-refractivity contribution is 0.355. The Hall–Kier alpha value is -4.88. The number of hydrogen-bond acceptors (Lipinski definition) is 1. The summed E-state index contributed by atoms with van der Waals surface area (Å²) in [5.74, 6) is 1.14. The van der Waals surface area contributed by atoms with E-state index < -0.39 is 0 Å². The molecule has 6 aromatic rings. The van der Waals surface area contributed by atoms with E-state index in [0.717, 1.165) is 0 Å². The van der Waals surface area contributed by atoms with Crippen LogP contribution in [-0.4, -0.2) is 5.54 Å². The zero-order valence-corrected chi connectivity index (χ0v) is 25.9. The van der Waals surface area contributed by atoms with Gasteiger partial charge in [-0.25, -0.2) is 0 Å². The Kier molecular flexibility index (Phi) is 5.78. The summed E-state index contributed by atoms with van der Waals surface area (Å²) in [5.41, 5.74) is 14.5. The highest BCUT2D eigenvalue weighted by Gasteiger charge is 2.55. The highest BCUT2D eigenvalue weighted by molar-refractivity contribution is 5.89. The van der Waals surface area contributed by atoms with E-state index in [4.69, 9.17) is 0 Å². The van der Waals surface area contributed by atoms with Crippen LogP contribution in [0.5, 0.6) is 0 Å². The molecule has 1 aliphatic heterocycles. The van der Waals surface area contributed by atoms with Gasteiger partial charge in [0.15, 0.2) is 0 Å². The first-order valence-corrected chi connectivity index (χ1v) is 16.5. The van der Waals surface area contributed by atoms with Crippen LogP contribution in [0.1, 0.15) is 60.4 Å². The molecule has 1 heteroatoms. The van der Waals surface area contributed by atoms with E-state index in [-0.39, 0.29) is 11.0 Å². The minimum absolute atomic E-state index is 0.0810. The van der Waals surface area contributed by atoms with Gasteiger partial charge >= 0.3 is 0 Å². The van der Waals surface area contributed by atoms with Crippen LogP contribution in [0.2, 0.25) is 0 Å². The lowest BCUT2D eigenvalue weighted by Gasteiger charge is -2.41. The third kappa shape index (κ3) is 3.56. The van der Waals surface area contributed by atoms with Crippen molar-refractivity contribution in [1.82, 2.24) is 0 Å². The van der Waals surface area contributed by atoms with Crippen molar-refractivity contribution in [2.75, 3.05) is 4.90 Å². The maximum Gasteiger partial charge on any atom is 0.0713 e. The normalized spacial score (nSPS) is 22.0. The van der Waals surface area contributed by atoms with E-state index in [1.807, 2.05) is 0 Å². The van der Waals surface area contributed by atoms with Crippen LogP contribution in [0.25, 0.3) is 22.3 Å². The fourth-order valence-corrected chi connectivity index (χ4v) is 9.29. The highest BCUT2D eigenvalue weighted by atomic mass is 15.2. The van der Waals surface area contributed by atoms with E-state index in [0.29, 0.717) is 11.8 Å². The van der Waals surface area contributed by atoms with Crippen molar-refractivity contribution in [2.45, 2.75) is 43.6 Å². The molecule has 0 aromatic heterocycles. The molecule has 0 saturated heterocycles. The van der Waals surface area contributed by atoms with Crippen molar-refractivity contribution in [3.8, 4) is 22.3 Å². The number of benzene rings is 6. The van der Waals surface area contributed by atoms with Gasteiger partial charge in [-0.3, -0.25) is 0 Å². The molecule has 0 amide bonds. The smallest absolute Gasteiger partial charge is 0.0713 e. The van der Waals surface area contributed by atoms with Gasteiger partial charge in [0.25, 0.3) is 0 Å². The molecule has 1 saturated carbocycles. The first kappa shape index (κ1) is 26.5. The Morgan fingerprint density at radius 2 is 1.13 bits per heavy atom. The van der Waals surface area contributed by atoms with Gasteiger partial charge in [0.2, 0.25) is 0 Å². The fraction of sp³-hybridized carbons (Fsp3) is 0.182. The standard InChI is InChI=1S/C44H37N/c1-30-22-26-39-38-28-31(24-27-42(38)45(43(30,39)2)35-18-10-5-11-19-35)32-23-25-37-36-20-12-13-21-40(36)44(41(37)29-32,33-14-6-3-7-15-33)34-16-8-4-9-17-34/h3-21,23-25,27-30,39H,22,26H2,1-2H3. The summed E-state index contributed by atoms with van der Waals surface area (Å²) in [6, 6.07) is 56.8. The summed E-state index contributed by atoms with van der Waals surface area (Å²) < 4.78 is 0. The average molecular weight is 580 g/mol. The Morgan fingerprint density at radius 1 is 0.556 bits per heavy atom. The Balaban J connectivity index is 1.25. The molecule has 45 heavy (non-hydrogen) atoms. The van der Waals surface area contributed by atoms with Gasteiger partial charge in [-0.15, -0.1) is 0 Å². The van der Waals surface area contributed by atoms with Crippen molar-refractivity contribution in [2.24, 2.45) is 5.92 Å². The lowest BCUT2D eigenvalue weighted by Crippen LogP contribution is -2.45. The second kappa shape index (κ2) is 9.81. The second-order valence-electron chi connectivity index (χ2n) is 13.5. The Bertz CT molecular complexity index is 2010. The molecule has 1 fully saturated rings. The molecule has 3 atom stereocenters. The van der Waals surface area contributed by atoms with Crippen LogP contribution < -0.4 is 4.90 Å².